The van der Waals surface area contributed by atoms with Crippen molar-refractivity contribution in [3.05, 3.63) is 72.9 Å². The Bertz CT molecular complexity index is 1470. The van der Waals surface area contributed by atoms with Crippen LogP contribution in [0.4, 0.5) is 17.1 Å². The van der Waals surface area contributed by atoms with E-state index < -0.39 is 10.1 Å². The number of fused-ring (bicyclic) bond motifs is 1. The summed E-state index contributed by atoms with van der Waals surface area (Å²) < 4.78 is 39.3. The molecule has 0 amide bonds. The third-order valence-corrected chi connectivity index (χ3v) is 6.14. The zero-order valence-electron chi connectivity index (χ0n) is 20.5. The Hall–Kier alpha value is -2.82. The van der Waals surface area contributed by atoms with E-state index >= 15 is 0 Å². The molecular formula is C25H25N4NaO4S. The van der Waals surface area contributed by atoms with Crippen molar-refractivity contribution in [3.63, 3.8) is 0 Å². The van der Waals surface area contributed by atoms with Crippen molar-refractivity contribution >= 4 is 38.0 Å². The summed E-state index contributed by atoms with van der Waals surface area (Å²) in [6.45, 7) is 2.75. The number of ether oxygens (including phenoxy) is 1. The van der Waals surface area contributed by atoms with Gasteiger partial charge in [-0.05, 0) is 36.8 Å². The number of nitrogen functional groups attached to an aromatic ring is 1. The molecule has 0 saturated carbocycles. The molecule has 35 heavy (non-hydrogen) atoms. The van der Waals surface area contributed by atoms with Gasteiger partial charge in [0.15, 0.2) is 0 Å². The number of pyridine rings is 1. The molecule has 0 radical (unpaired) electrons. The predicted octanol–water partition coefficient (Wildman–Crippen LogP) is 3.44. The molecule has 8 nitrogen and oxygen atoms in total. The molecular weight excluding hydrogens is 475 g/mol. The second-order valence-electron chi connectivity index (χ2n) is 7.63. The van der Waals surface area contributed by atoms with E-state index in [0.717, 1.165) is 29.8 Å². The van der Waals surface area contributed by atoms with Gasteiger partial charge in [0.1, 0.15) is 22.0 Å². The molecule has 4 aromatic rings. The number of aromatic nitrogens is 1. The van der Waals surface area contributed by atoms with Gasteiger partial charge >= 0.3 is 29.6 Å². The molecule has 176 valence electrons. The monoisotopic (exact) mass is 500 g/mol. The minimum absolute atomic E-state index is 0. The SMILES string of the molecule is CCCCOc1ccccc1-c1ccc(N=Nc2cc(S(=O)(=O)O)c3ccccc3c2N)cn1.[H-].[Na+]. The molecule has 0 aliphatic carbocycles. The van der Waals surface area contributed by atoms with E-state index in [2.05, 4.69) is 22.1 Å². The molecule has 0 unspecified atom stereocenters. The van der Waals surface area contributed by atoms with Gasteiger partial charge in [-0.25, -0.2) is 0 Å². The van der Waals surface area contributed by atoms with Gasteiger partial charge in [0.2, 0.25) is 0 Å². The van der Waals surface area contributed by atoms with Crippen molar-refractivity contribution in [1.29, 1.82) is 0 Å². The zero-order chi connectivity index (χ0) is 24.1. The Labute approximate surface area is 227 Å². The Balaban J connectivity index is 0.00000228. The summed E-state index contributed by atoms with van der Waals surface area (Å²) in [5, 5.41) is 9.06. The molecule has 0 spiro atoms. The van der Waals surface area contributed by atoms with E-state index in [1.165, 1.54) is 6.07 Å². The Kier molecular flexibility index (Phi) is 8.98. The molecule has 0 atom stereocenters. The third kappa shape index (κ3) is 6.25. The molecule has 0 aliphatic rings. The van der Waals surface area contributed by atoms with Crippen LogP contribution in [0.5, 0.6) is 5.75 Å². The van der Waals surface area contributed by atoms with E-state index in [-0.39, 0.29) is 47.3 Å². The summed E-state index contributed by atoms with van der Waals surface area (Å²) in [6, 6.07) is 19.1. The predicted molar refractivity (Wildman–Crippen MR) is 134 cm³/mol. The minimum atomic E-state index is -4.48. The van der Waals surface area contributed by atoms with Gasteiger partial charge in [0.05, 0.1) is 24.2 Å². The minimum Gasteiger partial charge on any atom is -1.00 e. The van der Waals surface area contributed by atoms with Crippen LogP contribution >= 0.6 is 0 Å². The van der Waals surface area contributed by atoms with Crippen molar-refractivity contribution < 1.29 is 48.7 Å². The maximum atomic E-state index is 11.9. The first-order valence-electron chi connectivity index (χ1n) is 10.8. The van der Waals surface area contributed by atoms with Gasteiger partial charge < -0.3 is 11.9 Å². The summed E-state index contributed by atoms with van der Waals surface area (Å²) in [5.41, 5.74) is 8.64. The van der Waals surface area contributed by atoms with Crippen LogP contribution in [0.1, 0.15) is 21.2 Å². The van der Waals surface area contributed by atoms with Crippen LogP contribution in [0.3, 0.4) is 0 Å². The average Bonchev–Trinajstić information content (AvgIpc) is 2.84. The topological polar surface area (TPSA) is 127 Å². The van der Waals surface area contributed by atoms with Gasteiger partial charge in [-0.15, -0.1) is 10.2 Å². The fourth-order valence-electron chi connectivity index (χ4n) is 3.49. The first-order chi connectivity index (χ1) is 16.4. The van der Waals surface area contributed by atoms with Crippen molar-refractivity contribution in [2.45, 2.75) is 24.7 Å². The van der Waals surface area contributed by atoms with Crippen LogP contribution in [0.25, 0.3) is 22.0 Å². The number of anilines is 1. The normalized spacial score (nSPS) is 11.5. The van der Waals surface area contributed by atoms with Crippen LogP contribution in [0.2, 0.25) is 0 Å². The average molecular weight is 501 g/mol. The number of para-hydroxylation sites is 1. The van der Waals surface area contributed by atoms with Gasteiger partial charge in [0.25, 0.3) is 10.1 Å². The number of unbranched alkanes of at least 4 members (excludes halogenated alkanes) is 1. The zero-order valence-corrected chi connectivity index (χ0v) is 22.4. The molecule has 1 heterocycles. The Morgan fingerprint density at radius 1 is 1.03 bits per heavy atom. The van der Waals surface area contributed by atoms with Crippen LogP contribution in [0.15, 0.2) is 88.1 Å². The second kappa shape index (κ2) is 11.7. The maximum absolute atomic E-state index is 11.9. The van der Waals surface area contributed by atoms with Gasteiger partial charge in [-0.2, -0.15) is 8.42 Å². The molecule has 3 aromatic carbocycles. The van der Waals surface area contributed by atoms with E-state index in [1.807, 2.05) is 30.3 Å². The molecule has 0 saturated heterocycles. The van der Waals surface area contributed by atoms with Crippen molar-refractivity contribution in [2.75, 3.05) is 12.3 Å². The maximum Gasteiger partial charge on any atom is 1.00 e. The summed E-state index contributed by atoms with van der Waals surface area (Å²) in [4.78, 5) is 4.20. The standard InChI is InChI=1S/C25H24N4O4S.Na.H/c1-2-3-14-33-23-11-7-6-10-20(23)21-13-12-17(16-27-21)28-29-22-15-24(34(30,31)32)18-8-4-5-9-19(18)25(22)26;;/h4-13,15-16H,2-3,14,26H2,1H3,(H,30,31,32);;/q;+1;-1. The second-order valence-corrected chi connectivity index (χ2v) is 9.02. The van der Waals surface area contributed by atoms with E-state index in [0.29, 0.717) is 23.1 Å². The van der Waals surface area contributed by atoms with Crippen LogP contribution in [0, 0.1) is 0 Å². The quantitative estimate of drug-likeness (QED) is 0.125. The molecule has 10 heteroatoms. The molecule has 1 aromatic heterocycles. The Morgan fingerprint density at radius 2 is 1.74 bits per heavy atom. The Morgan fingerprint density at radius 3 is 2.43 bits per heavy atom. The number of rotatable bonds is 8. The number of benzene rings is 3. The molecule has 4 rings (SSSR count). The van der Waals surface area contributed by atoms with Crippen LogP contribution in [-0.4, -0.2) is 24.6 Å². The largest absolute Gasteiger partial charge is 1.00 e. The first-order valence-corrected chi connectivity index (χ1v) is 12.2. The fraction of sp³-hybridized carbons (Fsp3) is 0.160. The molecule has 3 N–H and O–H groups in total. The molecule has 0 aliphatic heterocycles. The smallest absolute Gasteiger partial charge is 1.00 e. The van der Waals surface area contributed by atoms with Crippen molar-refractivity contribution in [2.24, 2.45) is 10.2 Å². The summed E-state index contributed by atoms with van der Waals surface area (Å²) in [7, 11) is -4.48. The van der Waals surface area contributed by atoms with E-state index in [1.54, 1.807) is 36.5 Å². The first kappa shape index (κ1) is 26.8. The third-order valence-electron chi connectivity index (χ3n) is 5.24. The van der Waals surface area contributed by atoms with Gasteiger partial charge in [-0.1, -0.05) is 49.7 Å². The van der Waals surface area contributed by atoms with E-state index in [9.17, 15) is 13.0 Å². The summed E-state index contributed by atoms with van der Waals surface area (Å²) >= 11 is 0. The fourth-order valence-corrected chi connectivity index (χ4v) is 4.21. The van der Waals surface area contributed by atoms with Crippen molar-refractivity contribution in [3.8, 4) is 17.0 Å². The van der Waals surface area contributed by atoms with Crippen LogP contribution in [-0.2, 0) is 10.1 Å². The van der Waals surface area contributed by atoms with E-state index in [4.69, 9.17) is 10.5 Å². The number of azo groups is 1. The summed E-state index contributed by atoms with van der Waals surface area (Å²) in [5.74, 6) is 0.763. The summed E-state index contributed by atoms with van der Waals surface area (Å²) in [6.07, 6.45) is 3.58. The number of hydrogen-bond donors (Lipinski definition) is 2. The number of hydrogen-bond acceptors (Lipinski definition) is 7. The van der Waals surface area contributed by atoms with Crippen molar-refractivity contribution in [1.82, 2.24) is 4.98 Å². The number of nitrogens with two attached hydrogens (primary N) is 1. The van der Waals surface area contributed by atoms with Gasteiger partial charge in [0, 0.05) is 16.3 Å². The molecule has 0 bridgehead atoms. The molecule has 0 fully saturated rings. The van der Waals surface area contributed by atoms with Crippen LogP contribution < -0.4 is 40.0 Å². The number of nitrogens with zero attached hydrogens (tertiary/aromatic N) is 3. The van der Waals surface area contributed by atoms with Gasteiger partial charge in [-0.3, -0.25) is 9.54 Å².